The molecule has 3 aromatic rings. The Balaban J connectivity index is 1.78. The van der Waals surface area contributed by atoms with E-state index in [9.17, 15) is 4.79 Å². The van der Waals surface area contributed by atoms with Gasteiger partial charge in [-0.3, -0.25) is 4.79 Å². The third-order valence-electron chi connectivity index (χ3n) is 4.29. The van der Waals surface area contributed by atoms with E-state index in [1.54, 1.807) is 11.7 Å². The van der Waals surface area contributed by atoms with E-state index in [1.165, 1.54) is 11.3 Å². The van der Waals surface area contributed by atoms with Crippen molar-refractivity contribution in [3.05, 3.63) is 74.6 Å². The lowest BCUT2D eigenvalue weighted by Crippen LogP contribution is -2.26. The first-order valence-corrected chi connectivity index (χ1v) is 9.70. The number of carbonyl (C=O) groups excluding carboxylic acids is 1. The molecule has 1 aromatic heterocycles. The fourth-order valence-corrected chi connectivity index (χ4v) is 3.96. The summed E-state index contributed by atoms with van der Waals surface area (Å²) >= 11 is 6.66. The lowest BCUT2D eigenvalue weighted by atomic mass is 10.1. The van der Waals surface area contributed by atoms with E-state index in [1.807, 2.05) is 61.5 Å². The Morgan fingerprint density at radius 2 is 1.89 bits per heavy atom. The third-order valence-corrected chi connectivity index (χ3v) is 5.75. The van der Waals surface area contributed by atoms with Gasteiger partial charge < -0.3 is 20.4 Å². The number of nitrogens with two attached hydrogens (primary N) is 1. The highest BCUT2D eigenvalue weighted by Gasteiger charge is 2.19. The number of ether oxygens (including phenoxy) is 1. The number of methoxy groups -OCH3 is 1. The predicted molar refractivity (Wildman–Crippen MR) is 112 cm³/mol. The van der Waals surface area contributed by atoms with Crippen LogP contribution in [0.2, 0.25) is 0 Å². The summed E-state index contributed by atoms with van der Waals surface area (Å²) in [6.45, 7) is 2.45. The summed E-state index contributed by atoms with van der Waals surface area (Å²) in [4.78, 5) is 13.1. The standard InChI is InChI=1S/C20H21N3O2S2/c1-13(15-6-4-3-5-7-15)22-19(24)17-18(21)23(20(26)27-17)12-14-8-10-16(25-2)11-9-14/h3-11,13H,12,21H2,1-2H3,(H,22,24). The van der Waals surface area contributed by atoms with Gasteiger partial charge >= 0.3 is 0 Å². The number of amides is 1. The van der Waals surface area contributed by atoms with Gasteiger partial charge in [-0.05, 0) is 42.4 Å². The number of anilines is 1. The highest BCUT2D eigenvalue weighted by Crippen LogP contribution is 2.25. The number of hydrogen-bond donors (Lipinski definition) is 2. The monoisotopic (exact) mass is 399 g/mol. The van der Waals surface area contributed by atoms with Gasteiger partial charge in [-0.25, -0.2) is 0 Å². The van der Waals surface area contributed by atoms with Crippen LogP contribution in [0.25, 0.3) is 0 Å². The molecule has 0 fully saturated rings. The smallest absolute Gasteiger partial charge is 0.265 e. The molecule has 0 bridgehead atoms. The van der Waals surface area contributed by atoms with Crippen molar-refractivity contribution in [1.82, 2.24) is 9.88 Å². The summed E-state index contributed by atoms with van der Waals surface area (Å²) in [6, 6.07) is 17.3. The van der Waals surface area contributed by atoms with Gasteiger partial charge in [0.2, 0.25) is 0 Å². The number of benzene rings is 2. The van der Waals surface area contributed by atoms with E-state index >= 15 is 0 Å². The maximum absolute atomic E-state index is 12.7. The Labute approximate surface area is 167 Å². The van der Waals surface area contributed by atoms with Crippen LogP contribution in [-0.4, -0.2) is 17.6 Å². The van der Waals surface area contributed by atoms with Crippen molar-refractivity contribution >= 4 is 35.3 Å². The lowest BCUT2D eigenvalue weighted by Gasteiger charge is -2.14. The number of rotatable bonds is 6. The first-order chi connectivity index (χ1) is 13.0. The summed E-state index contributed by atoms with van der Waals surface area (Å²) in [5, 5.41) is 2.99. The van der Waals surface area contributed by atoms with Crippen LogP contribution < -0.4 is 15.8 Å². The van der Waals surface area contributed by atoms with Crippen LogP contribution in [0.15, 0.2) is 54.6 Å². The minimum atomic E-state index is -0.214. The Morgan fingerprint density at radius 3 is 2.52 bits per heavy atom. The van der Waals surface area contributed by atoms with E-state index in [0.29, 0.717) is 21.2 Å². The number of carbonyl (C=O) groups is 1. The van der Waals surface area contributed by atoms with E-state index in [2.05, 4.69) is 5.32 Å². The van der Waals surface area contributed by atoms with E-state index in [4.69, 9.17) is 22.7 Å². The molecule has 0 saturated heterocycles. The average Bonchev–Trinajstić information content (AvgIpc) is 2.97. The van der Waals surface area contributed by atoms with Gasteiger partial charge in [-0.1, -0.05) is 53.8 Å². The summed E-state index contributed by atoms with van der Waals surface area (Å²) in [5.74, 6) is 0.961. The molecule has 1 unspecified atom stereocenters. The highest BCUT2D eigenvalue weighted by atomic mass is 32.1. The topological polar surface area (TPSA) is 69.3 Å². The molecule has 5 nitrogen and oxygen atoms in total. The van der Waals surface area contributed by atoms with Crippen molar-refractivity contribution in [1.29, 1.82) is 0 Å². The molecule has 0 saturated carbocycles. The third kappa shape index (κ3) is 4.37. The molecule has 0 spiro atoms. The number of hydrogen-bond acceptors (Lipinski definition) is 5. The Kier molecular flexibility index (Phi) is 5.93. The lowest BCUT2D eigenvalue weighted by molar-refractivity contribution is 0.0944. The molecule has 0 aliphatic carbocycles. The number of thiazole rings is 1. The second kappa shape index (κ2) is 8.37. The summed E-state index contributed by atoms with van der Waals surface area (Å²) in [7, 11) is 1.63. The molecule has 0 aliphatic heterocycles. The first-order valence-electron chi connectivity index (χ1n) is 8.47. The number of nitrogen functional groups attached to an aromatic ring is 1. The number of nitrogens with zero attached hydrogens (tertiary/aromatic N) is 1. The normalized spacial score (nSPS) is 11.8. The van der Waals surface area contributed by atoms with Gasteiger partial charge in [0, 0.05) is 0 Å². The molecule has 0 aliphatic rings. The van der Waals surface area contributed by atoms with Crippen molar-refractivity contribution in [2.75, 3.05) is 12.8 Å². The first kappa shape index (κ1) is 19.1. The summed E-state index contributed by atoms with van der Waals surface area (Å²) in [5.41, 5.74) is 8.31. The van der Waals surface area contributed by atoms with Crippen molar-refractivity contribution in [2.45, 2.75) is 19.5 Å². The SMILES string of the molecule is COc1ccc(Cn2c(N)c(C(=O)NC(C)c3ccccc3)sc2=S)cc1. The molecule has 27 heavy (non-hydrogen) atoms. The molecule has 0 radical (unpaired) electrons. The quantitative estimate of drug-likeness (QED) is 0.603. The Bertz CT molecular complexity index is 979. The van der Waals surface area contributed by atoms with Crippen molar-refractivity contribution < 1.29 is 9.53 Å². The van der Waals surface area contributed by atoms with Crippen LogP contribution in [0.1, 0.15) is 33.8 Å². The molecular formula is C20H21N3O2S2. The molecule has 1 atom stereocenters. The van der Waals surface area contributed by atoms with Crippen LogP contribution in [-0.2, 0) is 6.54 Å². The van der Waals surface area contributed by atoms with Gasteiger partial charge in [-0.15, -0.1) is 0 Å². The molecule has 2 aromatic carbocycles. The van der Waals surface area contributed by atoms with Crippen LogP contribution in [0.5, 0.6) is 5.75 Å². The second-order valence-corrected chi connectivity index (χ2v) is 7.77. The number of aromatic nitrogens is 1. The van der Waals surface area contributed by atoms with Crippen LogP contribution in [0.3, 0.4) is 0 Å². The largest absolute Gasteiger partial charge is 0.497 e. The fraction of sp³-hybridized carbons (Fsp3) is 0.200. The zero-order chi connectivity index (χ0) is 19.4. The van der Waals surface area contributed by atoms with Crippen LogP contribution >= 0.6 is 23.6 Å². The minimum absolute atomic E-state index is 0.121. The van der Waals surface area contributed by atoms with E-state index in [-0.39, 0.29) is 11.9 Å². The van der Waals surface area contributed by atoms with Crippen molar-refractivity contribution in [2.24, 2.45) is 0 Å². The van der Waals surface area contributed by atoms with Gasteiger partial charge in [-0.2, -0.15) is 0 Å². The Morgan fingerprint density at radius 1 is 1.22 bits per heavy atom. The average molecular weight is 400 g/mol. The predicted octanol–water partition coefficient (Wildman–Crippen LogP) is 4.41. The second-order valence-electron chi connectivity index (χ2n) is 6.12. The number of nitrogens with one attached hydrogen (secondary N) is 1. The van der Waals surface area contributed by atoms with E-state index in [0.717, 1.165) is 16.9 Å². The Hall–Kier alpha value is -2.64. The van der Waals surface area contributed by atoms with Crippen LogP contribution in [0.4, 0.5) is 5.82 Å². The molecular weight excluding hydrogens is 378 g/mol. The van der Waals surface area contributed by atoms with Gasteiger partial charge in [0.1, 0.15) is 16.4 Å². The molecule has 3 rings (SSSR count). The molecule has 1 amide bonds. The van der Waals surface area contributed by atoms with Crippen LogP contribution in [0, 0.1) is 3.95 Å². The highest BCUT2D eigenvalue weighted by molar-refractivity contribution is 7.73. The molecule has 140 valence electrons. The minimum Gasteiger partial charge on any atom is -0.497 e. The molecule has 7 heteroatoms. The van der Waals surface area contributed by atoms with Gasteiger partial charge in [0.25, 0.3) is 5.91 Å². The van der Waals surface area contributed by atoms with Gasteiger partial charge in [0.05, 0.1) is 19.7 Å². The van der Waals surface area contributed by atoms with Gasteiger partial charge in [0.15, 0.2) is 3.95 Å². The molecule has 1 heterocycles. The maximum atomic E-state index is 12.7. The summed E-state index contributed by atoms with van der Waals surface area (Å²) in [6.07, 6.45) is 0. The summed E-state index contributed by atoms with van der Waals surface area (Å²) < 4.78 is 7.52. The zero-order valence-corrected chi connectivity index (χ0v) is 16.8. The molecule has 3 N–H and O–H groups in total. The van der Waals surface area contributed by atoms with E-state index < -0.39 is 0 Å². The maximum Gasteiger partial charge on any atom is 0.265 e. The van der Waals surface area contributed by atoms with Crippen molar-refractivity contribution in [3.63, 3.8) is 0 Å². The van der Waals surface area contributed by atoms with Crippen molar-refractivity contribution in [3.8, 4) is 5.75 Å². The zero-order valence-electron chi connectivity index (χ0n) is 15.1. The fourth-order valence-electron chi connectivity index (χ4n) is 2.73.